The summed E-state index contributed by atoms with van der Waals surface area (Å²) in [5, 5.41) is 7.72. The number of nitrogens with zero attached hydrogens (tertiary/aromatic N) is 2. The van der Waals surface area contributed by atoms with Crippen LogP contribution in [0.3, 0.4) is 0 Å². The maximum Gasteiger partial charge on any atom is 0.154 e. The number of hydrogen-bond donors (Lipinski definition) is 1. The maximum absolute atomic E-state index is 12.3. The summed E-state index contributed by atoms with van der Waals surface area (Å²) < 4.78 is 26.1. The third-order valence-electron chi connectivity index (χ3n) is 4.14. The SMILES string of the molecule is CNC(Cc1c(C)nn(C)c1Cl)C1CCCCS1(=O)=O. The Kier molecular flexibility index (Phi) is 4.76. The molecular formula is C13H22ClN3O2S. The Bertz CT molecular complexity index is 583. The topological polar surface area (TPSA) is 64.0 Å². The lowest BCUT2D eigenvalue weighted by Crippen LogP contribution is -2.46. The summed E-state index contributed by atoms with van der Waals surface area (Å²) in [6.45, 7) is 1.91. The smallest absolute Gasteiger partial charge is 0.154 e. The summed E-state index contributed by atoms with van der Waals surface area (Å²) in [6, 6.07) is -0.110. The summed E-state index contributed by atoms with van der Waals surface area (Å²) in [5.41, 5.74) is 1.81. The van der Waals surface area contributed by atoms with E-state index in [9.17, 15) is 8.42 Å². The highest BCUT2D eigenvalue weighted by Gasteiger charge is 2.35. The Balaban J connectivity index is 2.25. The van der Waals surface area contributed by atoms with Gasteiger partial charge in [-0.3, -0.25) is 4.68 Å². The molecule has 0 amide bonds. The highest BCUT2D eigenvalue weighted by atomic mass is 35.5. The van der Waals surface area contributed by atoms with E-state index in [0.29, 0.717) is 17.3 Å². The van der Waals surface area contributed by atoms with E-state index in [1.54, 1.807) is 11.7 Å². The van der Waals surface area contributed by atoms with Crippen LogP contribution in [0.4, 0.5) is 0 Å². The highest BCUT2D eigenvalue weighted by Crippen LogP contribution is 2.27. The molecule has 7 heteroatoms. The molecule has 1 aromatic rings. The number of rotatable bonds is 4. The van der Waals surface area contributed by atoms with Gasteiger partial charge in [-0.05, 0) is 33.2 Å². The van der Waals surface area contributed by atoms with Crippen LogP contribution in [0.5, 0.6) is 0 Å². The second-order valence-electron chi connectivity index (χ2n) is 5.48. The van der Waals surface area contributed by atoms with Gasteiger partial charge >= 0.3 is 0 Å². The van der Waals surface area contributed by atoms with E-state index < -0.39 is 9.84 Å². The van der Waals surface area contributed by atoms with Gasteiger partial charge in [0.05, 0.1) is 16.7 Å². The quantitative estimate of drug-likeness (QED) is 0.913. The Morgan fingerprint density at radius 3 is 2.70 bits per heavy atom. The molecule has 1 saturated heterocycles. The minimum atomic E-state index is -3.01. The lowest BCUT2D eigenvalue weighted by Gasteiger charge is -2.30. The van der Waals surface area contributed by atoms with Crippen LogP contribution >= 0.6 is 11.6 Å². The molecule has 0 radical (unpaired) electrons. The number of halogens is 1. The van der Waals surface area contributed by atoms with Crippen molar-refractivity contribution in [2.24, 2.45) is 7.05 Å². The number of nitrogens with one attached hydrogen (secondary N) is 1. The fourth-order valence-electron chi connectivity index (χ4n) is 2.98. The molecule has 1 aromatic heterocycles. The van der Waals surface area contributed by atoms with Crippen LogP contribution in [0, 0.1) is 6.92 Å². The Labute approximate surface area is 125 Å². The Morgan fingerprint density at radius 1 is 1.50 bits per heavy atom. The van der Waals surface area contributed by atoms with Crippen LogP contribution in [-0.4, -0.2) is 42.3 Å². The van der Waals surface area contributed by atoms with E-state index in [4.69, 9.17) is 11.6 Å². The van der Waals surface area contributed by atoms with E-state index in [0.717, 1.165) is 30.5 Å². The lowest BCUT2D eigenvalue weighted by molar-refractivity contribution is 0.456. The van der Waals surface area contributed by atoms with Gasteiger partial charge in [0.2, 0.25) is 0 Å². The lowest BCUT2D eigenvalue weighted by atomic mass is 10.00. The molecule has 1 aliphatic heterocycles. The molecule has 2 atom stereocenters. The summed E-state index contributed by atoms with van der Waals surface area (Å²) in [7, 11) is 0.603. The number of sulfone groups is 1. The Morgan fingerprint density at radius 2 is 2.20 bits per heavy atom. The van der Waals surface area contributed by atoms with Gasteiger partial charge < -0.3 is 5.32 Å². The molecule has 20 heavy (non-hydrogen) atoms. The van der Waals surface area contributed by atoms with Crippen molar-refractivity contribution in [2.45, 2.75) is 43.9 Å². The van der Waals surface area contributed by atoms with Crippen LogP contribution in [0.15, 0.2) is 0 Å². The van der Waals surface area contributed by atoms with Gasteiger partial charge in [0.1, 0.15) is 5.15 Å². The van der Waals surface area contributed by atoms with Crippen LogP contribution in [0.25, 0.3) is 0 Å². The molecule has 1 aliphatic rings. The predicted molar refractivity (Wildman–Crippen MR) is 80.9 cm³/mol. The summed E-state index contributed by atoms with van der Waals surface area (Å²) in [4.78, 5) is 0. The fourth-order valence-corrected chi connectivity index (χ4v) is 5.40. The molecule has 0 bridgehead atoms. The number of aromatic nitrogens is 2. The molecule has 0 saturated carbocycles. The molecule has 2 rings (SSSR count). The zero-order valence-corrected chi connectivity index (χ0v) is 13.8. The molecule has 114 valence electrons. The molecule has 1 N–H and O–H groups in total. The summed E-state index contributed by atoms with van der Waals surface area (Å²) in [6.07, 6.45) is 3.08. The minimum absolute atomic E-state index is 0.110. The van der Waals surface area contributed by atoms with Crippen molar-refractivity contribution in [1.29, 1.82) is 0 Å². The first-order valence-corrected chi connectivity index (χ1v) is 9.03. The highest BCUT2D eigenvalue weighted by molar-refractivity contribution is 7.92. The fraction of sp³-hybridized carbons (Fsp3) is 0.769. The van der Waals surface area contributed by atoms with E-state index in [1.807, 2.05) is 14.0 Å². The summed E-state index contributed by atoms with van der Waals surface area (Å²) >= 11 is 6.25. The van der Waals surface area contributed by atoms with Crippen molar-refractivity contribution in [2.75, 3.05) is 12.8 Å². The molecule has 0 aromatic carbocycles. The van der Waals surface area contributed by atoms with Crippen LogP contribution < -0.4 is 5.32 Å². The largest absolute Gasteiger partial charge is 0.315 e. The van der Waals surface area contributed by atoms with E-state index in [-0.39, 0.29) is 11.3 Å². The average molecular weight is 320 g/mol. The minimum Gasteiger partial charge on any atom is -0.315 e. The molecule has 5 nitrogen and oxygen atoms in total. The van der Waals surface area contributed by atoms with Crippen molar-refractivity contribution in [1.82, 2.24) is 15.1 Å². The Hall–Kier alpha value is -0.590. The van der Waals surface area contributed by atoms with Gasteiger partial charge in [0.25, 0.3) is 0 Å². The maximum atomic E-state index is 12.3. The number of hydrogen-bond acceptors (Lipinski definition) is 4. The van der Waals surface area contributed by atoms with Crippen molar-refractivity contribution in [3.8, 4) is 0 Å². The van der Waals surface area contributed by atoms with Crippen LogP contribution in [0.1, 0.15) is 30.5 Å². The molecule has 1 fully saturated rings. The monoisotopic (exact) mass is 319 g/mol. The second kappa shape index (κ2) is 6.03. The van der Waals surface area contributed by atoms with Gasteiger partial charge in [-0.1, -0.05) is 18.0 Å². The van der Waals surface area contributed by atoms with Crippen molar-refractivity contribution in [3.05, 3.63) is 16.4 Å². The van der Waals surface area contributed by atoms with Gasteiger partial charge in [-0.15, -0.1) is 0 Å². The normalized spacial score (nSPS) is 23.7. The molecular weight excluding hydrogens is 298 g/mol. The third-order valence-corrected chi connectivity index (χ3v) is 6.96. The average Bonchev–Trinajstić information content (AvgIpc) is 2.62. The third kappa shape index (κ3) is 3.02. The van der Waals surface area contributed by atoms with Crippen LogP contribution in [-0.2, 0) is 23.3 Å². The first kappa shape index (κ1) is 15.8. The molecule has 2 heterocycles. The van der Waals surface area contributed by atoms with Gasteiger partial charge in [0, 0.05) is 18.7 Å². The van der Waals surface area contributed by atoms with Gasteiger partial charge in [-0.25, -0.2) is 8.42 Å². The number of likely N-dealkylation sites (N-methyl/N-ethyl adjacent to an activating group) is 1. The first-order valence-electron chi connectivity index (χ1n) is 6.93. The second-order valence-corrected chi connectivity index (χ2v) is 8.18. The van der Waals surface area contributed by atoms with Crippen molar-refractivity contribution < 1.29 is 8.42 Å². The van der Waals surface area contributed by atoms with E-state index >= 15 is 0 Å². The summed E-state index contributed by atoms with van der Waals surface area (Å²) in [5.74, 6) is 0.301. The van der Waals surface area contributed by atoms with E-state index in [1.165, 1.54) is 0 Å². The number of aryl methyl sites for hydroxylation is 2. The van der Waals surface area contributed by atoms with E-state index in [2.05, 4.69) is 10.4 Å². The zero-order chi connectivity index (χ0) is 14.9. The van der Waals surface area contributed by atoms with Crippen molar-refractivity contribution in [3.63, 3.8) is 0 Å². The van der Waals surface area contributed by atoms with Gasteiger partial charge in [-0.2, -0.15) is 5.10 Å². The van der Waals surface area contributed by atoms with Crippen LogP contribution in [0.2, 0.25) is 5.15 Å². The zero-order valence-electron chi connectivity index (χ0n) is 12.2. The predicted octanol–water partition coefficient (Wildman–Crippen LogP) is 1.48. The molecule has 0 aliphatic carbocycles. The molecule has 2 unspecified atom stereocenters. The standard InChI is InChI=1S/C13H22ClN3O2S/c1-9-10(13(14)17(3)16-9)8-11(15-2)12-6-4-5-7-20(12,18)19/h11-12,15H,4-8H2,1-3H3. The van der Waals surface area contributed by atoms with Crippen molar-refractivity contribution >= 4 is 21.4 Å². The first-order chi connectivity index (χ1) is 9.36. The molecule has 0 spiro atoms. The van der Waals surface area contributed by atoms with Gasteiger partial charge in [0.15, 0.2) is 9.84 Å².